The molecule has 0 aromatic heterocycles. The van der Waals surface area contributed by atoms with E-state index in [-0.39, 0.29) is 29.9 Å². The summed E-state index contributed by atoms with van der Waals surface area (Å²) in [6.45, 7) is 0. The van der Waals surface area contributed by atoms with E-state index in [0.717, 1.165) is 25.7 Å². The van der Waals surface area contributed by atoms with Crippen LogP contribution in [0.4, 0.5) is 0 Å². The van der Waals surface area contributed by atoms with Crippen molar-refractivity contribution in [1.29, 1.82) is 0 Å². The van der Waals surface area contributed by atoms with Crippen LogP contribution in [0.25, 0.3) is 0 Å². The fourth-order valence-corrected chi connectivity index (χ4v) is 5.33. The normalized spacial score (nSPS) is 34.7. The van der Waals surface area contributed by atoms with E-state index in [1.54, 1.807) is 0 Å². The molecule has 3 amide bonds. The fourth-order valence-electron chi connectivity index (χ4n) is 5.33. The predicted molar refractivity (Wildman–Crippen MR) is 84.3 cm³/mol. The largest absolute Gasteiger partial charge is 0.337 e. The smallest absolute Gasteiger partial charge is 0.229 e. The van der Waals surface area contributed by atoms with Crippen molar-refractivity contribution >= 4 is 17.7 Å². The summed E-state index contributed by atoms with van der Waals surface area (Å²) in [5.41, 5.74) is 0. The molecule has 0 radical (unpaired) electrons. The van der Waals surface area contributed by atoms with Crippen molar-refractivity contribution < 1.29 is 14.4 Å². The highest BCUT2D eigenvalue weighted by atomic mass is 16.2. The molecule has 4 rings (SSSR count). The maximum atomic E-state index is 12.7. The molecule has 1 aliphatic carbocycles. The number of imide groups is 1. The number of carbonyl (C=O) groups excluding carboxylic acids is 3. The van der Waals surface area contributed by atoms with E-state index in [1.165, 1.54) is 30.6 Å². The third-order valence-corrected chi connectivity index (χ3v) is 6.39. The molecule has 4 aliphatic rings. The van der Waals surface area contributed by atoms with Gasteiger partial charge in [-0.15, -0.1) is 0 Å². The van der Waals surface area contributed by atoms with Crippen molar-refractivity contribution in [1.82, 2.24) is 9.80 Å². The second-order valence-corrected chi connectivity index (χ2v) is 7.82. The van der Waals surface area contributed by atoms with Gasteiger partial charge in [-0.25, -0.2) is 0 Å². The first-order valence-corrected chi connectivity index (χ1v) is 9.29. The molecular weight excluding hydrogens is 292 g/mol. The zero-order chi connectivity index (χ0) is 16.0. The second-order valence-electron chi connectivity index (χ2n) is 7.82. The first-order chi connectivity index (χ1) is 11.1. The van der Waals surface area contributed by atoms with Crippen LogP contribution in [-0.4, -0.2) is 45.6 Å². The van der Waals surface area contributed by atoms with Gasteiger partial charge >= 0.3 is 0 Å². The molecule has 1 saturated carbocycles. The molecule has 4 fully saturated rings. The summed E-state index contributed by atoms with van der Waals surface area (Å²) < 4.78 is 0. The lowest BCUT2D eigenvalue weighted by Gasteiger charge is -2.42. The van der Waals surface area contributed by atoms with Gasteiger partial charge in [0, 0.05) is 37.4 Å². The molecule has 23 heavy (non-hydrogen) atoms. The second kappa shape index (κ2) is 5.91. The number of hydrogen-bond donors (Lipinski definition) is 0. The molecule has 2 atom stereocenters. The lowest BCUT2D eigenvalue weighted by Crippen LogP contribution is -2.53. The molecule has 3 saturated heterocycles. The lowest BCUT2D eigenvalue weighted by molar-refractivity contribution is -0.144. The summed E-state index contributed by atoms with van der Waals surface area (Å²) in [5.74, 6) is 0.888. The van der Waals surface area contributed by atoms with E-state index in [4.69, 9.17) is 0 Å². The number of rotatable bonds is 3. The molecule has 3 aliphatic heterocycles. The van der Waals surface area contributed by atoms with Crippen LogP contribution < -0.4 is 0 Å². The van der Waals surface area contributed by atoms with E-state index >= 15 is 0 Å². The number of hydrogen-bond acceptors (Lipinski definition) is 3. The summed E-state index contributed by atoms with van der Waals surface area (Å²) in [6.07, 6.45) is 10.1. The minimum atomic E-state index is -0.00914. The van der Waals surface area contributed by atoms with E-state index in [9.17, 15) is 14.4 Å². The molecule has 2 bridgehead atoms. The quantitative estimate of drug-likeness (QED) is 0.750. The fraction of sp³-hybridized carbons (Fsp3) is 0.833. The molecule has 3 heterocycles. The Labute approximate surface area is 137 Å². The third-order valence-electron chi connectivity index (χ3n) is 6.39. The van der Waals surface area contributed by atoms with Gasteiger partial charge < -0.3 is 4.90 Å². The van der Waals surface area contributed by atoms with Crippen LogP contribution in [0, 0.1) is 5.92 Å². The molecule has 0 N–H and O–H groups in total. The number of piperidine rings is 1. The number of fused-ring (bicyclic) bond motifs is 2. The molecule has 126 valence electrons. The van der Waals surface area contributed by atoms with Crippen molar-refractivity contribution in [3.63, 3.8) is 0 Å². The van der Waals surface area contributed by atoms with Gasteiger partial charge in [-0.2, -0.15) is 0 Å². The maximum absolute atomic E-state index is 12.7. The van der Waals surface area contributed by atoms with E-state index in [1.807, 2.05) is 0 Å². The average molecular weight is 318 g/mol. The van der Waals surface area contributed by atoms with Crippen LogP contribution in [0.5, 0.6) is 0 Å². The van der Waals surface area contributed by atoms with Crippen LogP contribution in [0.3, 0.4) is 0 Å². The van der Waals surface area contributed by atoms with Gasteiger partial charge in [0.25, 0.3) is 0 Å². The van der Waals surface area contributed by atoms with Crippen molar-refractivity contribution in [2.45, 2.75) is 88.8 Å². The van der Waals surface area contributed by atoms with Crippen molar-refractivity contribution in [3.05, 3.63) is 0 Å². The zero-order valence-corrected chi connectivity index (χ0v) is 13.7. The standard InChI is InChI=1S/C18H26N2O3/c21-16-7-8-17(22)20(16)15-10-13-5-6-14(11-15)19(13)18(23)9-12-3-1-2-4-12/h12-15H,1-11H2. The first-order valence-electron chi connectivity index (χ1n) is 9.29. The highest BCUT2D eigenvalue weighted by Gasteiger charge is 2.47. The highest BCUT2D eigenvalue weighted by molar-refractivity contribution is 6.02. The summed E-state index contributed by atoms with van der Waals surface area (Å²) in [7, 11) is 0. The predicted octanol–water partition coefficient (Wildman–Crippen LogP) is 2.24. The van der Waals surface area contributed by atoms with Gasteiger partial charge in [0.2, 0.25) is 17.7 Å². The molecule has 0 spiro atoms. The Balaban J connectivity index is 1.42. The molecule has 2 unspecified atom stereocenters. The van der Waals surface area contributed by atoms with Crippen molar-refractivity contribution in [2.75, 3.05) is 0 Å². The number of nitrogens with zero attached hydrogens (tertiary/aromatic N) is 2. The minimum absolute atomic E-state index is 0.00914. The van der Waals surface area contributed by atoms with Gasteiger partial charge in [0.15, 0.2) is 0 Å². The van der Waals surface area contributed by atoms with Crippen LogP contribution in [0.15, 0.2) is 0 Å². The monoisotopic (exact) mass is 318 g/mol. The van der Waals surface area contributed by atoms with E-state index in [2.05, 4.69) is 4.90 Å². The summed E-state index contributed by atoms with van der Waals surface area (Å²) in [5, 5.41) is 0. The van der Waals surface area contributed by atoms with Crippen molar-refractivity contribution in [2.24, 2.45) is 5.92 Å². The molecule has 5 heteroatoms. The maximum Gasteiger partial charge on any atom is 0.229 e. The lowest BCUT2D eigenvalue weighted by atomic mass is 9.94. The molecular formula is C18H26N2O3. The topological polar surface area (TPSA) is 57.7 Å². The van der Waals surface area contributed by atoms with E-state index in [0.29, 0.717) is 31.1 Å². The Morgan fingerprint density at radius 1 is 0.870 bits per heavy atom. The number of likely N-dealkylation sites (tertiary alicyclic amines) is 1. The Morgan fingerprint density at radius 2 is 1.43 bits per heavy atom. The molecule has 0 aromatic carbocycles. The van der Waals surface area contributed by atoms with E-state index < -0.39 is 0 Å². The van der Waals surface area contributed by atoms with Gasteiger partial charge in [-0.3, -0.25) is 19.3 Å². The summed E-state index contributed by atoms with van der Waals surface area (Å²) in [4.78, 5) is 40.4. The molecule has 5 nitrogen and oxygen atoms in total. The Morgan fingerprint density at radius 3 is 2.00 bits per heavy atom. The van der Waals surface area contributed by atoms with Gasteiger partial charge in [0.1, 0.15) is 0 Å². The highest BCUT2D eigenvalue weighted by Crippen LogP contribution is 2.40. The Hall–Kier alpha value is -1.39. The third kappa shape index (κ3) is 2.68. The van der Waals surface area contributed by atoms with Crippen LogP contribution in [0.2, 0.25) is 0 Å². The number of amides is 3. The van der Waals surface area contributed by atoms with Crippen LogP contribution >= 0.6 is 0 Å². The van der Waals surface area contributed by atoms with Gasteiger partial charge in [-0.05, 0) is 44.4 Å². The SMILES string of the molecule is O=C1CCC(=O)N1C1CC2CCC(C1)N2C(=O)CC1CCCC1. The summed E-state index contributed by atoms with van der Waals surface area (Å²) in [6, 6.07) is 0.522. The Kier molecular flexibility index (Phi) is 3.90. The Bertz CT molecular complexity index is 496. The molecule has 0 aromatic rings. The van der Waals surface area contributed by atoms with Crippen molar-refractivity contribution in [3.8, 4) is 0 Å². The number of carbonyl (C=O) groups is 3. The van der Waals surface area contributed by atoms with Crippen LogP contribution in [-0.2, 0) is 14.4 Å². The minimum Gasteiger partial charge on any atom is -0.337 e. The average Bonchev–Trinajstić information content (AvgIpc) is 3.20. The van der Waals surface area contributed by atoms with Crippen LogP contribution in [0.1, 0.15) is 70.6 Å². The zero-order valence-electron chi connectivity index (χ0n) is 13.7. The van der Waals surface area contributed by atoms with Gasteiger partial charge in [-0.1, -0.05) is 12.8 Å². The first kappa shape index (κ1) is 15.2. The van der Waals surface area contributed by atoms with Gasteiger partial charge in [0.05, 0.1) is 0 Å². The summed E-state index contributed by atoms with van der Waals surface area (Å²) >= 11 is 0.